The van der Waals surface area contributed by atoms with E-state index in [1.54, 1.807) is 41.3 Å². The quantitative estimate of drug-likeness (QED) is 0.734. The van der Waals surface area contributed by atoms with Crippen molar-refractivity contribution >= 4 is 31.6 Å². The molecule has 0 spiro atoms. The first-order valence-corrected chi connectivity index (χ1v) is 8.81. The van der Waals surface area contributed by atoms with Crippen molar-refractivity contribution in [3.8, 4) is 5.69 Å². The Hall–Kier alpha value is -2.19. The zero-order chi connectivity index (χ0) is 16.4. The molecule has 0 amide bonds. The van der Waals surface area contributed by atoms with Crippen LogP contribution in [0.3, 0.4) is 0 Å². The third-order valence-corrected chi connectivity index (χ3v) is 4.87. The number of hydrogen-bond donors (Lipinski definition) is 1. The third-order valence-electron chi connectivity index (χ3n) is 3.06. The lowest BCUT2D eigenvalue weighted by Gasteiger charge is -2.09. The summed E-state index contributed by atoms with van der Waals surface area (Å²) in [6, 6.07) is 11.4. The summed E-state index contributed by atoms with van der Waals surface area (Å²) in [6.07, 6.45) is 3.45. The molecule has 0 saturated heterocycles. The molecule has 8 heteroatoms. The van der Waals surface area contributed by atoms with Crippen LogP contribution in [0.15, 0.2) is 70.3 Å². The van der Waals surface area contributed by atoms with E-state index in [4.69, 9.17) is 0 Å². The van der Waals surface area contributed by atoms with E-state index in [-0.39, 0.29) is 4.90 Å². The second-order valence-electron chi connectivity index (χ2n) is 4.71. The van der Waals surface area contributed by atoms with Gasteiger partial charge >= 0.3 is 0 Å². The Balaban J connectivity index is 1.81. The standard InChI is InChI=1S/C15H11BrFN3O2S/c16-11-9-18-20(10-11)14-5-3-13(4-6-14)19-23(21,22)15-7-1-12(17)2-8-15/h1-10,19H. The number of benzene rings is 2. The zero-order valence-corrected chi connectivity index (χ0v) is 14.1. The van der Waals surface area contributed by atoms with Gasteiger partial charge in [-0.2, -0.15) is 5.10 Å². The van der Waals surface area contributed by atoms with Gasteiger partial charge in [0.2, 0.25) is 0 Å². The van der Waals surface area contributed by atoms with E-state index in [9.17, 15) is 12.8 Å². The highest BCUT2D eigenvalue weighted by Gasteiger charge is 2.14. The van der Waals surface area contributed by atoms with Gasteiger partial charge < -0.3 is 0 Å². The molecule has 2 aromatic carbocycles. The summed E-state index contributed by atoms with van der Waals surface area (Å²) in [7, 11) is -3.75. The maximum atomic E-state index is 12.9. The molecule has 0 aliphatic carbocycles. The summed E-state index contributed by atoms with van der Waals surface area (Å²) in [4.78, 5) is -0.000941. The summed E-state index contributed by atoms with van der Waals surface area (Å²) >= 11 is 3.31. The maximum absolute atomic E-state index is 12.9. The van der Waals surface area contributed by atoms with E-state index in [2.05, 4.69) is 25.8 Å². The average molecular weight is 396 g/mol. The van der Waals surface area contributed by atoms with Crippen LogP contribution in [-0.4, -0.2) is 18.2 Å². The summed E-state index contributed by atoms with van der Waals surface area (Å²) < 4.78 is 42.3. The van der Waals surface area contributed by atoms with Crippen molar-refractivity contribution in [2.45, 2.75) is 4.90 Å². The highest BCUT2D eigenvalue weighted by molar-refractivity contribution is 9.10. The van der Waals surface area contributed by atoms with Gasteiger partial charge in [-0.15, -0.1) is 0 Å². The molecule has 0 aliphatic heterocycles. The highest BCUT2D eigenvalue weighted by Crippen LogP contribution is 2.19. The van der Waals surface area contributed by atoms with Crippen LogP contribution in [0.25, 0.3) is 5.69 Å². The fourth-order valence-corrected chi connectivity index (χ4v) is 3.30. The molecular formula is C15H11BrFN3O2S. The number of sulfonamides is 1. The van der Waals surface area contributed by atoms with Gasteiger partial charge in [0.25, 0.3) is 10.0 Å². The molecule has 0 bridgehead atoms. The molecule has 0 fully saturated rings. The Labute approximate surface area is 140 Å². The lowest BCUT2D eigenvalue weighted by atomic mass is 10.3. The Morgan fingerprint density at radius 3 is 2.26 bits per heavy atom. The average Bonchev–Trinajstić information content (AvgIpc) is 2.95. The second-order valence-corrected chi connectivity index (χ2v) is 7.31. The van der Waals surface area contributed by atoms with Crippen molar-refractivity contribution < 1.29 is 12.8 Å². The van der Waals surface area contributed by atoms with Crippen molar-refractivity contribution in [1.29, 1.82) is 0 Å². The fraction of sp³-hybridized carbons (Fsp3) is 0. The number of nitrogens with one attached hydrogen (secondary N) is 1. The van der Waals surface area contributed by atoms with Crippen LogP contribution in [0, 0.1) is 5.82 Å². The highest BCUT2D eigenvalue weighted by atomic mass is 79.9. The van der Waals surface area contributed by atoms with E-state index in [0.29, 0.717) is 5.69 Å². The molecule has 0 aliphatic rings. The second kappa shape index (κ2) is 6.13. The van der Waals surface area contributed by atoms with E-state index >= 15 is 0 Å². The van der Waals surface area contributed by atoms with Gasteiger partial charge in [0, 0.05) is 11.9 Å². The molecule has 0 radical (unpaired) electrons. The summed E-state index contributed by atoms with van der Waals surface area (Å²) in [6.45, 7) is 0. The number of nitrogens with zero attached hydrogens (tertiary/aromatic N) is 2. The molecule has 23 heavy (non-hydrogen) atoms. The minimum absolute atomic E-state index is 0.000941. The Morgan fingerprint density at radius 1 is 1.04 bits per heavy atom. The van der Waals surface area contributed by atoms with Gasteiger partial charge in [0.05, 0.1) is 21.3 Å². The van der Waals surface area contributed by atoms with Crippen LogP contribution in [0.5, 0.6) is 0 Å². The van der Waals surface area contributed by atoms with Gasteiger partial charge in [-0.25, -0.2) is 17.5 Å². The van der Waals surface area contributed by atoms with Crippen molar-refractivity contribution in [3.63, 3.8) is 0 Å². The molecule has 1 N–H and O–H groups in total. The van der Waals surface area contributed by atoms with Crippen LogP contribution < -0.4 is 4.72 Å². The lowest BCUT2D eigenvalue weighted by molar-refractivity contribution is 0.599. The number of hydrogen-bond acceptors (Lipinski definition) is 3. The zero-order valence-electron chi connectivity index (χ0n) is 11.6. The topological polar surface area (TPSA) is 64.0 Å². The summed E-state index contributed by atoms with van der Waals surface area (Å²) in [5, 5.41) is 4.14. The van der Waals surface area contributed by atoms with Crippen molar-refractivity contribution in [2.75, 3.05) is 4.72 Å². The van der Waals surface area contributed by atoms with Crippen LogP contribution in [0.1, 0.15) is 0 Å². The van der Waals surface area contributed by atoms with Gasteiger partial charge in [-0.3, -0.25) is 4.72 Å². The van der Waals surface area contributed by atoms with Crippen LogP contribution in [0.2, 0.25) is 0 Å². The lowest BCUT2D eigenvalue weighted by Crippen LogP contribution is -2.12. The first kappa shape index (κ1) is 15.7. The van der Waals surface area contributed by atoms with Crippen molar-refractivity contribution in [1.82, 2.24) is 9.78 Å². The monoisotopic (exact) mass is 395 g/mol. The predicted octanol–water partition coefficient (Wildman–Crippen LogP) is 3.57. The Bertz CT molecular complexity index is 922. The van der Waals surface area contributed by atoms with Gasteiger partial charge in [0.1, 0.15) is 5.82 Å². The van der Waals surface area contributed by atoms with Crippen LogP contribution >= 0.6 is 15.9 Å². The van der Waals surface area contributed by atoms with Gasteiger partial charge in [0.15, 0.2) is 0 Å². The number of aromatic nitrogens is 2. The SMILES string of the molecule is O=S(=O)(Nc1ccc(-n2cc(Br)cn2)cc1)c1ccc(F)cc1. The minimum atomic E-state index is -3.75. The van der Waals surface area contributed by atoms with Gasteiger partial charge in [-0.05, 0) is 64.5 Å². The maximum Gasteiger partial charge on any atom is 0.261 e. The molecule has 118 valence electrons. The Morgan fingerprint density at radius 2 is 1.70 bits per heavy atom. The number of rotatable bonds is 4. The van der Waals surface area contributed by atoms with E-state index < -0.39 is 15.8 Å². The van der Waals surface area contributed by atoms with Gasteiger partial charge in [-0.1, -0.05) is 0 Å². The molecule has 0 unspecified atom stereocenters. The minimum Gasteiger partial charge on any atom is -0.280 e. The van der Waals surface area contributed by atoms with Crippen LogP contribution in [-0.2, 0) is 10.0 Å². The van der Waals surface area contributed by atoms with E-state index in [1.165, 1.54) is 12.1 Å². The summed E-state index contributed by atoms with van der Waals surface area (Å²) in [5.41, 5.74) is 1.20. The molecule has 1 heterocycles. The Kier molecular flexibility index (Phi) is 4.18. The molecule has 5 nitrogen and oxygen atoms in total. The van der Waals surface area contributed by atoms with Crippen molar-refractivity contribution in [3.05, 3.63) is 71.2 Å². The molecule has 1 aromatic heterocycles. The third kappa shape index (κ3) is 3.59. The van der Waals surface area contributed by atoms with Crippen molar-refractivity contribution in [2.24, 2.45) is 0 Å². The molecular weight excluding hydrogens is 385 g/mol. The largest absolute Gasteiger partial charge is 0.280 e. The van der Waals surface area contributed by atoms with E-state index in [0.717, 1.165) is 22.3 Å². The smallest absolute Gasteiger partial charge is 0.261 e. The predicted molar refractivity (Wildman–Crippen MR) is 88.5 cm³/mol. The molecule has 0 saturated carbocycles. The number of halogens is 2. The number of anilines is 1. The molecule has 3 aromatic rings. The normalized spacial score (nSPS) is 11.4. The first-order valence-electron chi connectivity index (χ1n) is 6.53. The first-order chi connectivity index (χ1) is 10.9. The van der Waals surface area contributed by atoms with Crippen LogP contribution in [0.4, 0.5) is 10.1 Å². The molecule has 3 rings (SSSR count). The van der Waals surface area contributed by atoms with E-state index in [1.807, 2.05) is 0 Å². The fourth-order valence-electron chi connectivity index (χ4n) is 1.95. The summed E-state index contributed by atoms with van der Waals surface area (Å²) in [5.74, 6) is -0.487. The molecule has 0 atom stereocenters.